The van der Waals surface area contributed by atoms with Crippen LogP contribution in [-0.2, 0) is 4.79 Å². The maximum absolute atomic E-state index is 14.9. The molecule has 2 heterocycles. The van der Waals surface area contributed by atoms with E-state index in [-0.39, 0.29) is 5.91 Å². The summed E-state index contributed by atoms with van der Waals surface area (Å²) in [4.78, 5) is 28.1. The van der Waals surface area contributed by atoms with Crippen LogP contribution in [0.3, 0.4) is 0 Å². The zero-order valence-corrected chi connectivity index (χ0v) is 21.0. The standard InChI is InChI=1S/C28H35F2N3O3/c1-28(2,30)18-32-14-11-19(12-15-32)17-36-22-9-10-23(24(29)16-22)20-5-7-21(8-6-20)27(35)33-13-3-4-25(33)26(31)34/h5-10,16,19,25H,3-4,11-15,17-18H2,1-2H3,(H2,31,34)/t25-/m0/s1. The molecule has 0 aromatic heterocycles. The molecule has 2 saturated heterocycles. The normalized spacial score (nSPS) is 19.4. The molecule has 194 valence electrons. The van der Waals surface area contributed by atoms with Gasteiger partial charge in [0.25, 0.3) is 5.91 Å². The molecular formula is C28H35F2N3O3. The highest BCUT2D eigenvalue weighted by atomic mass is 19.1. The molecular weight excluding hydrogens is 464 g/mol. The van der Waals surface area contributed by atoms with Gasteiger partial charge in [0.05, 0.1) is 6.61 Å². The number of primary amides is 1. The Bertz CT molecular complexity index is 1080. The molecule has 2 amide bonds. The molecule has 2 aliphatic rings. The van der Waals surface area contributed by atoms with Crippen LogP contribution in [0.5, 0.6) is 5.75 Å². The van der Waals surface area contributed by atoms with Crippen molar-refractivity contribution >= 4 is 11.8 Å². The largest absolute Gasteiger partial charge is 0.493 e. The molecule has 1 atom stereocenters. The number of rotatable bonds is 8. The van der Waals surface area contributed by atoms with Gasteiger partial charge in [-0.05, 0) is 88.4 Å². The van der Waals surface area contributed by atoms with Gasteiger partial charge in [0.2, 0.25) is 5.91 Å². The van der Waals surface area contributed by atoms with Gasteiger partial charge in [-0.25, -0.2) is 8.78 Å². The van der Waals surface area contributed by atoms with E-state index < -0.39 is 23.4 Å². The molecule has 2 aliphatic heterocycles. The van der Waals surface area contributed by atoms with E-state index in [1.54, 1.807) is 50.2 Å². The Morgan fingerprint density at radius 3 is 2.36 bits per heavy atom. The van der Waals surface area contributed by atoms with Crippen LogP contribution in [0, 0.1) is 11.7 Å². The highest BCUT2D eigenvalue weighted by Gasteiger charge is 2.33. The second kappa shape index (κ2) is 10.9. The van der Waals surface area contributed by atoms with Gasteiger partial charge in [0.1, 0.15) is 23.3 Å². The fourth-order valence-corrected chi connectivity index (χ4v) is 5.14. The first kappa shape index (κ1) is 26.1. The number of halogens is 2. The van der Waals surface area contributed by atoms with Crippen LogP contribution < -0.4 is 10.5 Å². The minimum absolute atomic E-state index is 0.244. The summed E-state index contributed by atoms with van der Waals surface area (Å²) >= 11 is 0. The quantitative estimate of drug-likeness (QED) is 0.583. The van der Waals surface area contributed by atoms with Crippen molar-refractivity contribution in [2.75, 3.05) is 32.8 Å². The number of ether oxygens (including phenoxy) is 1. The van der Waals surface area contributed by atoms with Crippen LogP contribution in [0.1, 0.15) is 49.9 Å². The van der Waals surface area contributed by atoms with E-state index in [1.165, 1.54) is 11.0 Å². The Morgan fingerprint density at radius 2 is 1.75 bits per heavy atom. The lowest BCUT2D eigenvalue weighted by atomic mass is 9.97. The smallest absolute Gasteiger partial charge is 0.254 e. The third-order valence-electron chi connectivity index (χ3n) is 7.02. The molecule has 0 bridgehead atoms. The number of amides is 2. The number of alkyl halides is 1. The fraction of sp³-hybridized carbons (Fsp3) is 0.500. The fourth-order valence-electron chi connectivity index (χ4n) is 5.14. The number of carbonyl (C=O) groups excluding carboxylic acids is 2. The molecule has 2 aromatic carbocycles. The molecule has 0 aliphatic carbocycles. The number of hydrogen-bond donors (Lipinski definition) is 1. The number of hydrogen-bond acceptors (Lipinski definition) is 4. The number of nitrogens with two attached hydrogens (primary N) is 1. The SMILES string of the molecule is CC(C)(F)CN1CCC(COc2ccc(-c3ccc(C(=O)N4CCC[C@H]4C(N)=O)cc3)c(F)c2)CC1. The molecule has 0 saturated carbocycles. The first-order valence-corrected chi connectivity index (χ1v) is 12.6. The molecule has 8 heteroatoms. The van der Waals surface area contributed by atoms with Crippen molar-refractivity contribution in [1.29, 1.82) is 0 Å². The predicted molar refractivity (Wildman–Crippen MR) is 135 cm³/mol. The monoisotopic (exact) mass is 499 g/mol. The van der Waals surface area contributed by atoms with Crippen LogP contribution in [0.4, 0.5) is 8.78 Å². The molecule has 0 radical (unpaired) electrons. The summed E-state index contributed by atoms with van der Waals surface area (Å²) in [5.74, 6) is -0.303. The van der Waals surface area contributed by atoms with Gasteiger partial charge >= 0.3 is 0 Å². The molecule has 4 rings (SSSR count). The van der Waals surface area contributed by atoms with Crippen molar-refractivity contribution in [3.8, 4) is 16.9 Å². The summed E-state index contributed by atoms with van der Waals surface area (Å²) in [5.41, 5.74) is 5.73. The van der Waals surface area contributed by atoms with Crippen molar-refractivity contribution < 1.29 is 23.1 Å². The van der Waals surface area contributed by atoms with Gasteiger partial charge in [-0.3, -0.25) is 9.59 Å². The average Bonchev–Trinajstić information content (AvgIpc) is 3.33. The summed E-state index contributed by atoms with van der Waals surface area (Å²) in [6.07, 6.45) is 3.18. The van der Waals surface area contributed by atoms with Gasteiger partial charge in [-0.15, -0.1) is 0 Å². The number of piperidine rings is 1. The van der Waals surface area contributed by atoms with Crippen LogP contribution >= 0.6 is 0 Å². The minimum atomic E-state index is -1.19. The lowest BCUT2D eigenvalue weighted by Crippen LogP contribution is -2.43. The molecule has 0 unspecified atom stereocenters. The second-order valence-corrected chi connectivity index (χ2v) is 10.5. The van der Waals surface area contributed by atoms with E-state index in [0.29, 0.717) is 54.5 Å². The molecule has 36 heavy (non-hydrogen) atoms. The zero-order valence-electron chi connectivity index (χ0n) is 21.0. The van der Waals surface area contributed by atoms with Gasteiger partial charge in [-0.1, -0.05) is 12.1 Å². The summed E-state index contributed by atoms with van der Waals surface area (Å²) in [6.45, 7) is 6.33. The van der Waals surface area contributed by atoms with Gasteiger partial charge < -0.3 is 20.3 Å². The van der Waals surface area contributed by atoms with Crippen molar-refractivity contribution in [2.24, 2.45) is 11.7 Å². The Labute approximate surface area is 211 Å². The lowest BCUT2D eigenvalue weighted by molar-refractivity contribution is -0.121. The van der Waals surface area contributed by atoms with E-state index in [4.69, 9.17) is 10.5 Å². The predicted octanol–water partition coefficient (Wildman–Crippen LogP) is 4.42. The van der Waals surface area contributed by atoms with E-state index in [9.17, 15) is 18.4 Å². The summed E-state index contributed by atoms with van der Waals surface area (Å²) in [5, 5.41) is 0. The third-order valence-corrected chi connectivity index (χ3v) is 7.02. The van der Waals surface area contributed by atoms with Crippen LogP contribution in [0.15, 0.2) is 42.5 Å². The molecule has 2 fully saturated rings. The highest BCUT2D eigenvalue weighted by Crippen LogP contribution is 2.29. The van der Waals surface area contributed by atoms with Gasteiger partial charge in [-0.2, -0.15) is 0 Å². The summed E-state index contributed by atoms with van der Waals surface area (Å²) < 4.78 is 34.6. The second-order valence-electron chi connectivity index (χ2n) is 10.5. The van der Waals surface area contributed by atoms with E-state index in [0.717, 1.165) is 32.4 Å². The Balaban J connectivity index is 1.33. The topological polar surface area (TPSA) is 75.9 Å². The Morgan fingerprint density at radius 1 is 1.06 bits per heavy atom. The molecule has 2 aromatic rings. The minimum Gasteiger partial charge on any atom is -0.493 e. The average molecular weight is 500 g/mol. The number of nitrogens with zero attached hydrogens (tertiary/aromatic N) is 2. The van der Waals surface area contributed by atoms with Crippen molar-refractivity contribution in [2.45, 2.75) is 51.2 Å². The number of carbonyl (C=O) groups is 2. The summed E-state index contributed by atoms with van der Waals surface area (Å²) in [7, 11) is 0. The van der Waals surface area contributed by atoms with Crippen molar-refractivity contribution in [3.63, 3.8) is 0 Å². The van der Waals surface area contributed by atoms with Crippen LogP contribution in [0.25, 0.3) is 11.1 Å². The maximum atomic E-state index is 14.9. The molecule has 6 nitrogen and oxygen atoms in total. The first-order chi connectivity index (χ1) is 17.1. The van der Waals surface area contributed by atoms with E-state index >= 15 is 0 Å². The lowest BCUT2D eigenvalue weighted by Gasteiger charge is -2.34. The van der Waals surface area contributed by atoms with Crippen LogP contribution in [0.2, 0.25) is 0 Å². The van der Waals surface area contributed by atoms with E-state index in [2.05, 4.69) is 4.90 Å². The third kappa shape index (κ3) is 6.40. The summed E-state index contributed by atoms with van der Waals surface area (Å²) in [6, 6.07) is 10.9. The molecule has 2 N–H and O–H groups in total. The van der Waals surface area contributed by atoms with Gasteiger partial charge in [0.15, 0.2) is 0 Å². The Kier molecular flexibility index (Phi) is 7.93. The number of benzene rings is 2. The highest BCUT2D eigenvalue weighted by molar-refractivity contribution is 5.98. The Hall–Kier alpha value is -3.00. The zero-order chi connectivity index (χ0) is 25.9. The number of likely N-dealkylation sites (tertiary alicyclic amines) is 2. The van der Waals surface area contributed by atoms with E-state index in [1.807, 2.05) is 0 Å². The van der Waals surface area contributed by atoms with Crippen molar-refractivity contribution in [3.05, 3.63) is 53.8 Å². The van der Waals surface area contributed by atoms with Crippen molar-refractivity contribution in [1.82, 2.24) is 9.80 Å². The van der Waals surface area contributed by atoms with Crippen LogP contribution in [-0.4, -0.2) is 66.1 Å². The van der Waals surface area contributed by atoms with Gasteiger partial charge in [0, 0.05) is 30.3 Å². The maximum Gasteiger partial charge on any atom is 0.254 e. The first-order valence-electron chi connectivity index (χ1n) is 12.6. The molecule has 0 spiro atoms.